The van der Waals surface area contributed by atoms with Crippen molar-refractivity contribution < 1.29 is 9.53 Å². The van der Waals surface area contributed by atoms with Crippen LogP contribution in [0.5, 0.6) is 0 Å². The zero-order chi connectivity index (χ0) is 15.2. The molecule has 1 aromatic carbocycles. The van der Waals surface area contributed by atoms with Crippen LogP contribution in [-0.2, 0) is 17.6 Å². The van der Waals surface area contributed by atoms with E-state index in [0.29, 0.717) is 5.69 Å². The van der Waals surface area contributed by atoms with E-state index in [1.54, 1.807) is 0 Å². The summed E-state index contributed by atoms with van der Waals surface area (Å²) in [6.45, 7) is 7.66. The van der Waals surface area contributed by atoms with Crippen molar-refractivity contribution in [2.45, 2.75) is 46.1 Å². The van der Waals surface area contributed by atoms with Crippen LogP contribution in [0.1, 0.15) is 48.0 Å². The maximum Gasteiger partial charge on any atom is 0.355 e. The summed E-state index contributed by atoms with van der Waals surface area (Å²) >= 11 is 0. The van der Waals surface area contributed by atoms with Gasteiger partial charge in [-0.3, -0.25) is 0 Å². The van der Waals surface area contributed by atoms with Gasteiger partial charge in [0.1, 0.15) is 11.3 Å². The number of aromatic nitrogens is 1. The van der Waals surface area contributed by atoms with Gasteiger partial charge in [0.05, 0.1) is 0 Å². The highest BCUT2D eigenvalue weighted by Crippen LogP contribution is 2.36. The van der Waals surface area contributed by atoms with Crippen molar-refractivity contribution in [3.8, 4) is 11.3 Å². The lowest BCUT2D eigenvalue weighted by Crippen LogP contribution is -2.24. The van der Waals surface area contributed by atoms with Crippen LogP contribution in [0, 0.1) is 6.92 Å². The molecule has 3 heteroatoms. The average Bonchev–Trinajstić information content (AvgIpc) is 2.75. The van der Waals surface area contributed by atoms with Gasteiger partial charge in [-0.05, 0) is 57.2 Å². The third-order valence-corrected chi connectivity index (χ3v) is 3.91. The standard InChI is InChI=1S/C18H21NO2/c1-11-13-10-9-12-7-5-6-8-14(12)16(13)19-15(11)17(20)21-18(2,3)4/h5-8,19H,9-10H2,1-4H3. The third kappa shape index (κ3) is 2.48. The molecule has 3 rings (SSSR count). The normalized spacial score (nSPS) is 13.5. The molecule has 0 unspecified atom stereocenters. The highest BCUT2D eigenvalue weighted by atomic mass is 16.6. The van der Waals surface area contributed by atoms with Crippen LogP contribution in [0.3, 0.4) is 0 Å². The molecule has 2 aromatic rings. The van der Waals surface area contributed by atoms with E-state index in [4.69, 9.17) is 4.74 Å². The highest BCUT2D eigenvalue weighted by Gasteiger charge is 2.27. The molecule has 110 valence electrons. The van der Waals surface area contributed by atoms with Crippen LogP contribution < -0.4 is 0 Å². The molecule has 0 bridgehead atoms. The van der Waals surface area contributed by atoms with Crippen molar-refractivity contribution in [3.63, 3.8) is 0 Å². The van der Waals surface area contributed by atoms with Crippen LogP contribution in [0.4, 0.5) is 0 Å². The quantitative estimate of drug-likeness (QED) is 0.802. The number of rotatable bonds is 1. The first-order chi connectivity index (χ1) is 9.87. The summed E-state index contributed by atoms with van der Waals surface area (Å²) in [6, 6.07) is 8.37. The number of hydrogen-bond acceptors (Lipinski definition) is 2. The fourth-order valence-corrected chi connectivity index (χ4v) is 2.95. The van der Waals surface area contributed by atoms with Crippen molar-refractivity contribution >= 4 is 5.97 Å². The summed E-state index contributed by atoms with van der Waals surface area (Å²) in [5, 5.41) is 0. The topological polar surface area (TPSA) is 42.1 Å². The van der Waals surface area contributed by atoms with Crippen molar-refractivity contribution in [2.24, 2.45) is 0 Å². The van der Waals surface area contributed by atoms with Gasteiger partial charge in [0.25, 0.3) is 0 Å². The number of aromatic amines is 1. The van der Waals surface area contributed by atoms with Gasteiger partial charge >= 0.3 is 5.97 Å². The molecule has 1 aromatic heterocycles. The lowest BCUT2D eigenvalue weighted by molar-refractivity contribution is 0.00628. The number of H-pyrrole nitrogens is 1. The predicted octanol–water partition coefficient (Wildman–Crippen LogP) is 4.04. The summed E-state index contributed by atoms with van der Waals surface area (Å²) in [5.41, 5.74) is 6.00. The highest BCUT2D eigenvalue weighted by molar-refractivity contribution is 5.92. The van der Waals surface area contributed by atoms with E-state index in [9.17, 15) is 4.79 Å². The summed E-state index contributed by atoms with van der Waals surface area (Å²) < 4.78 is 5.50. The van der Waals surface area contributed by atoms with E-state index in [1.165, 1.54) is 16.7 Å². The van der Waals surface area contributed by atoms with Crippen LogP contribution in [0.2, 0.25) is 0 Å². The number of carbonyl (C=O) groups excluding carboxylic acids is 1. The number of hydrogen-bond donors (Lipinski definition) is 1. The SMILES string of the molecule is Cc1c(C(=O)OC(C)(C)C)[nH]c2c1CCc1ccccc1-2. The van der Waals surface area contributed by atoms with Crippen LogP contribution in [0.25, 0.3) is 11.3 Å². The first-order valence-corrected chi connectivity index (χ1v) is 7.40. The van der Waals surface area contributed by atoms with Gasteiger partial charge in [0, 0.05) is 11.3 Å². The number of ether oxygens (including phenoxy) is 1. The molecule has 0 saturated heterocycles. The lowest BCUT2D eigenvalue weighted by Gasteiger charge is -2.19. The molecule has 1 heterocycles. The van der Waals surface area contributed by atoms with Crippen molar-refractivity contribution in [1.29, 1.82) is 0 Å². The zero-order valence-electron chi connectivity index (χ0n) is 13.0. The Bertz CT molecular complexity index is 704. The van der Waals surface area contributed by atoms with Crippen LogP contribution >= 0.6 is 0 Å². The van der Waals surface area contributed by atoms with Crippen molar-refractivity contribution in [3.05, 3.63) is 46.6 Å². The number of fused-ring (bicyclic) bond motifs is 3. The minimum atomic E-state index is -0.479. The van der Waals surface area contributed by atoms with Crippen LogP contribution in [0.15, 0.2) is 24.3 Å². The fraction of sp³-hybridized carbons (Fsp3) is 0.389. The van der Waals surface area contributed by atoms with E-state index < -0.39 is 5.60 Å². The number of aryl methyl sites for hydroxylation is 1. The first kappa shape index (κ1) is 13.9. The Morgan fingerprint density at radius 2 is 1.90 bits per heavy atom. The predicted molar refractivity (Wildman–Crippen MR) is 83.5 cm³/mol. The van der Waals surface area contributed by atoms with Crippen molar-refractivity contribution in [1.82, 2.24) is 4.98 Å². The molecule has 1 N–H and O–H groups in total. The molecule has 1 aliphatic rings. The molecule has 0 aliphatic heterocycles. The summed E-state index contributed by atoms with van der Waals surface area (Å²) in [6.07, 6.45) is 1.99. The van der Waals surface area contributed by atoms with Gasteiger partial charge in [-0.1, -0.05) is 24.3 Å². The van der Waals surface area contributed by atoms with E-state index in [-0.39, 0.29) is 5.97 Å². The van der Waals surface area contributed by atoms with Crippen LogP contribution in [-0.4, -0.2) is 16.6 Å². The van der Waals surface area contributed by atoms with Gasteiger partial charge in [0.2, 0.25) is 0 Å². The second-order valence-corrected chi connectivity index (χ2v) is 6.64. The molecule has 0 atom stereocenters. The molecule has 21 heavy (non-hydrogen) atoms. The Kier molecular flexibility index (Phi) is 3.16. The van der Waals surface area contributed by atoms with E-state index in [0.717, 1.165) is 24.1 Å². The van der Waals surface area contributed by atoms with Gasteiger partial charge in [0.15, 0.2) is 0 Å². The van der Waals surface area contributed by atoms with Gasteiger partial charge in [-0.15, -0.1) is 0 Å². The molecule has 0 saturated carbocycles. The molecule has 0 fully saturated rings. The van der Waals surface area contributed by atoms with Gasteiger partial charge < -0.3 is 9.72 Å². The second-order valence-electron chi connectivity index (χ2n) is 6.64. The summed E-state index contributed by atoms with van der Waals surface area (Å²) in [4.78, 5) is 15.7. The van der Waals surface area contributed by atoms with Gasteiger partial charge in [-0.25, -0.2) is 4.79 Å². The second kappa shape index (κ2) is 4.76. The van der Waals surface area contributed by atoms with E-state index >= 15 is 0 Å². The number of esters is 1. The zero-order valence-corrected chi connectivity index (χ0v) is 13.0. The lowest BCUT2D eigenvalue weighted by atomic mass is 9.89. The molecule has 0 radical (unpaired) electrons. The third-order valence-electron chi connectivity index (χ3n) is 3.91. The Labute approximate surface area is 125 Å². The minimum absolute atomic E-state index is 0.271. The maximum atomic E-state index is 12.4. The maximum absolute atomic E-state index is 12.4. The molecular formula is C18H21NO2. The van der Waals surface area contributed by atoms with E-state index in [1.807, 2.05) is 33.8 Å². The van der Waals surface area contributed by atoms with Crippen molar-refractivity contribution in [2.75, 3.05) is 0 Å². The average molecular weight is 283 g/mol. The monoisotopic (exact) mass is 283 g/mol. The largest absolute Gasteiger partial charge is 0.455 e. The molecule has 0 amide bonds. The fourth-order valence-electron chi connectivity index (χ4n) is 2.95. The Morgan fingerprint density at radius 1 is 1.19 bits per heavy atom. The molecule has 0 spiro atoms. The molecular weight excluding hydrogens is 262 g/mol. The summed E-state index contributed by atoms with van der Waals surface area (Å²) in [7, 11) is 0. The Morgan fingerprint density at radius 3 is 2.62 bits per heavy atom. The summed E-state index contributed by atoms with van der Waals surface area (Å²) in [5.74, 6) is -0.271. The Hall–Kier alpha value is -2.03. The van der Waals surface area contributed by atoms with E-state index in [2.05, 4.69) is 23.2 Å². The Balaban J connectivity index is 2.05. The number of benzene rings is 1. The van der Waals surface area contributed by atoms with Gasteiger partial charge in [-0.2, -0.15) is 0 Å². The minimum Gasteiger partial charge on any atom is -0.455 e. The number of nitrogens with one attached hydrogen (secondary N) is 1. The smallest absolute Gasteiger partial charge is 0.355 e. The first-order valence-electron chi connectivity index (χ1n) is 7.40. The molecule has 3 nitrogen and oxygen atoms in total. The molecule has 1 aliphatic carbocycles. The number of carbonyl (C=O) groups is 1.